The van der Waals surface area contributed by atoms with Gasteiger partial charge < -0.3 is 15.0 Å². The fourth-order valence-corrected chi connectivity index (χ4v) is 2.40. The van der Waals surface area contributed by atoms with Gasteiger partial charge in [-0.15, -0.1) is 0 Å². The zero-order chi connectivity index (χ0) is 18.4. The van der Waals surface area contributed by atoms with E-state index >= 15 is 0 Å². The minimum atomic E-state index is 0.00795. The van der Waals surface area contributed by atoms with Crippen molar-refractivity contribution in [2.45, 2.75) is 26.2 Å². The zero-order valence-corrected chi connectivity index (χ0v) is 15.8. The van der Waals surface area contributed by atoms with Gasteiger partial charge in [0.05, 0.1) is 0 Å². The van der Waals surface area contributed by atoms with Crippen LogP contribution in [0.4, 0.5) is 5.69 Å². The normalized spacial score (nSPS) is 11.1. The van der Waals surface area contributed by atoms with Gasteiger partial charge >= 0.3 is 0 Å². The second kappa shape index (κ2) is 8.06. The molecular formula is C21H28N2O2. The molecule has 0 spiro atoms. The minimum Gasteiger partial charge on any atom is -0.492 e. The molecule has 1 amide bonds. The lowest BCUT2D eigenvalue weighted by molar-refractivity contribution is 0.0827. The summed E-state index contributed by atoms with van der Waals surface area (Å²) in [5.74, 6) is 0.885. The van der Waals surface area contributed by atoms with Crippen molar-refractivity contribution in [3.8, 4) is 5.75 Å². The van der Waals surface area contributed by atoms with E-state index < -0.39 is 0 Å². The van der Waals surface area contributed by atoms with E-state index in [1.54, 1.807) is 19.0 Å². The van der Waals surface area contributed by atoms with Gasteiger partial charge in [0, 0.05) is 31.9 Å². The van der Waals surface area contributed by atoms with E-state index in [-0.39, 0.29) is 11.3 Å². The highest BCUT2D eigenvalue weighted by atomic mass is 16.5. The number of hydrogen-bond donors (Lipinski definition) is 1. The lowest BCUT2D eigenvalue weighted by atomic mass is 9.87. The lowest BCUT2D eigenvalue weighted by Crippen LogP contribution is -2.21. The van der Waals surface area contributed by atoms with Gasteiger partial charge in [-0.3, -0.25) is 4.79 Å². The van der Waals surface area contributed by atoms with Gasteiger partial charge in [-0.25, -0.2) is 0 Å². The highest BCUT2D eigenvalue weighted by molar-refractivity contribution is 5.94. The molecule has 0 aliphatic carbocycles. The minimum absolute atomic E-state index is 0.00795. The van der Waals surface area contributed by atoms with Crippen LogP contribution in [0.1, 0.15) is 36.7 Å². The molecule has 2 aromatic carbocycles. The lowest BCUT2D eigenvalue weighted by Gasteiger charge is -2.19. The SMILES string of the molecule is CN(C)C(=O)c1ccc(NCCOc2ccc(C(C)(C)C)cc2)cc1. The molecule has 0 saturated carbocycles. The predicted molar refractivity (Wildman–Crippen MR) is 104 cm³/mol. The third-order valence-electron chi connectivity index (χ3n) is 3.96. The summed E-state index contributed by atoms with van der Waals surface area (Å²) in [5, 5.41) is 3.30. The van der Waals surface area contributed by atoms with Crippen LogP contribution in [0.2, 0.25) is 0 Å². The Hall–Kier alpha value is -2.49. The number of hydrogen-bond acceptors (Lipinski definition) is 3. The second-order valence-electron chi connectivity index (χ2n) is 7.33. The third kappa shape index (κ3) is 5.52. The molecule has 0 heterocycles. The quantitative estimate of drug-likeness (QED) is 0.802. The van der Waals surface area contributed by atoms with Crippen LogP contribution in [0.3, 0.4) is 0 Å². The molecule has 0 aliphatic rings. The van der Waals surface area contributed by atoms with Crippen LogP contribution in [0.5, 0.6) is 5.75 Å². The van der Waals surface area contributed by atoms with Crippen LogP contribution in [-0.2, 0) is 5.41 Å². The molecule has 0 unspecified atom stereocenters. The van der Waals surface area contributed by atoms with Gasteiger partial charge in [-0.05, 0) is 47.4 Å². The number of benzene rings is 2. The maximum atomic E-state index is 11.8. The molecule has 2 rings (SSSR count). The number of carbonyl (C=O) groups excluding carboxylic acids is 1. The first-order chi connectivity index (χ1) is 11.8. The maximum Gasteiger partial charge on any atom is 0.253 e. The summed E-state index contributed by atoms with van der Waals surface area (Å²) in [7, 11) is 3.50. The molecule has 0 aliphatic heterocycles. The molecule has 25 heavy (non-hydrogen) atoms. The maximum absolute atomic E-state index is 11.8. The molecule has 4 heteroatoms. The molecule has 2 aromatic rings. The highest BCUT2D eigenvalue weighted by Crippen LogP contribution is 2.24. The fraction of sp³-hybridized carbons (Fsp3) is 0.381. The molecule has 0 fully saturated rings. The average Bonchev–Trinajstić information content (AvgIpc) is 2.58. The largest absolute Gasteiger partial charge is 0.492 e. The van der Waals surface area contributed by atoms with Crippen molar-refractivity contribution < 1.29 is 9.53 Å². The van der Waals surface area contributed by atoms with Gasteiger partial charge in [-0.2, -0.15) is 0 Å². The monoisotopic (exact) mass is 340 g/mol. The van der Waals surface area contributed by atoms with Crippen molar-refractivity contribution in [3.63, 3.8) is 0 Å². The van der Waals surface area contributed by atoms with Gasteiger partial charge in [0.15, 0.2) is 0 Å². The van der Waals surface area contributed by atoms with Crippen molar-refractivity contribution >= 4 is 11.6 Å². The van der Waals surface area contributed by atoms with E-state index in [2.05, 4.69) is 38.2 Å². The number of anilines is 1. The van der Waals surface area contributed by atoms with Gasteiger partial charge in [-0.1, -0.05) is 32.9 Å². The molecule has 0 bridgehead atoms. The van der Waals surface area contributed by atoms with Crippen LogP contribution in [0, 0.1) is 0 Å². The van der Waals surface area contributed by atoms with Crippen LogP contribution >= 0.6 is 0 Å². The number of amides is 1. The predicted octanol–water partition coefficient (Wildman–Crippen LogP) is 4.18. The third-order valence-corrected chi connectivity index (χ3v) is 3.96. The molecule has 0 aromatic heterocycles. The summed E-state index contributed by atoms with van der Waals surface area (Å²) in [6, 6.07) is 15.7. The number of nitrogens with one attached hydrogen (secondary N) is 1. The van der Waals surface area contributed by atoms with Crippen molar-refractivity contribution in [1.82, 2.24) is 4.90 Å². The first kappa shape index (κ1) is 18.8. The highest BCUT2D eigenvalue weighted by Gasteiger charge is 2.12. The first-order valence-electron chi connectivity index (χ1n) is 8.56. The topological polar surface area (TPSA) is 41.6 Å². The van der Waals surface area contributed by atoms with Crippen LogP contribution in [0.25, 0.3) is 0 Å². The Kier molecular flexibility index (Phi) is 6.07. The summed E-state index contributed by atoms with van der Waals surface area (Å²) in [6.45, 7) is 7.87. The molecular weight excluding hydrogens is 312 g/mol. The average molecular weight is 340 g/mol. The number of rotatable bonds is 6. The second-order valence-corrected chi connectivity index (χ2v) is 7.33. The van der Waals surface area contributed by atoms with E-state index in [4.69, 9.17) is 4.74 Å². The Morgan fingerprint density at radius 1 is 1.00 bits per heavy atom. The summed E-state index contributed by atoms with van der Waals surface area (Å²) in [5.41, 5.74) is 3.11. The number of ether oxygens (including phenoxy) is 1. The molecule has 4 nitrogen and oxygen atoms in total. The van der Waals surface area contributed by atoms with Crippen molar-refractivity contribution in [2.24, 2.45) is 0 Å². The van der Waals surface area contributed by atoms with E-state index in [0.717, 1.165) is 11.4 Å². The van der Waals surface area contributed by atoms with Gasteiger partial charge in [0.1, 0.15) is 12.4 Å². The molecule has 1 N–H and O–H groups in total. The van der Waals surface area contributed by atoms with E-state index in [0.29, 0.717) is 18.7 Å². The van der Waals surface area contributed by atoms with Crippen molar-refractivity contribution in [3.05, 3.63) is 59.7 Å². The molecule has 0 atom stereocenters. The Morgan fingerprint density at radius 3 is 2.12 bits per heavy atom. The first-order valence-corrected chi connectivity index (χ1v) is 8.56. The zero-order valence-electron chi connectivity index (χ0n) is 15.8. The van der Waals surface area contributed by atoms with Crippen molar-refractivity contribution in [1.29, 1.82) is 0 Å². The summed E-state index contributed by atoms with van der Waals surface area (Å²) in [4.78, 5) is 13.4. The molecule has 0 saturated heterocycles. The van der Waals surface area contributed by atoms with Gasteiger partial charge in [0.2, 0.25) is 0 Å². The van der Waals surface area contributed by atoms with Crippen molar-refractivity contribution in [2.75, 3.05) is 32.6 Å². The summed E-state index contributed by atoms with van der Waals surface area (Å²) < 4.78 is 5.77. The smallest absolute Gasteiger partial charge is 0.253 e. The number of carbonyl (C=O) groups is 1. The molecule has 134 valence electrons. The van der Waals surface area contributed by atoms with Crippen LogP contribution in [-0.4, -0.2) is 38.1 Å². The Balaban J connectivity index is 1.78. The summed E-state index contributed by atoms with van der Waals surface area (Å²) in [6.07, 6.45) is 0. The molecule has 0 radical (unpaired) electrons. The van der Waals surface area contributed by atoms with Crippen LogP contribution in [0.15, 0.2) is 48.5 Å². The van der Waals surface area contributed by atoms with Crippen LogP contribution < -0.4 is 10.1 Å². The van der Waals surface area contributed by atoms with E-state index in [1.807, 2.05) is 36.4 Å². The Labute approximate surface area is 150 Å². The van der Waals surface area contributed by atoms with E-state index in [1.165, 1.54) is 5.56 Å². The van der Waals surface area contributed by atoms with E-state index in [9.17, 15) is 4.79 Å². The Bertz CT molecular complexity index is 683. The number of nitrogens with zero attached hydrogens (tertiary/aromatic N) is 1. The van der Waals surface area contributed by atoms with Gasteiger partial charge in [0.25, 0.3) is 5.91 Å². The fourth-order valence-electron chi connectivity index (χ4n) is 2.40. The standard InChI is InChI=1S/C21H28N2O2/c1-21(2,3)17-8-12-19(13-9-17)25-15-14-22-18-10-6-16(7-11-18)20(24)23(4)5/h6-13,22H,14-15H2,1-5H3. The summed E-state index contributed by atoms with van der Waals surface area (Å²) >= 11 is 0. The Morgan fingerprint density at radius 2 is 1.60 bits per heavy atom.